The van der Waals surface area contributed by atoms with Gasteiger partial charge in [0.2, 0.25) is 0 Å². The van der Waals surface area contributed by atoms with Gasteiger partial charge in [-0.3, -0.25) is 9.88 Å². The summed E-state index contributed by atoms with van der Waals surface area (Å²) in [6.07, 6.45) is 2.15. The second kappa shape index (κ2) is 9.88. The molecule has 4 rings (SSSR count). The number of nitrogens with zero attached hydrogens (tertiary/aromatic N) is 2. The molecular weight excluding hydrogens is 472 g/mol. The van der Waals surface area contributed by atoms with Gasteiger partial charge in [0.25, 0.3) is 8.32 Å². The average molecular weight is 509 g/mol. The van der Waals surface area contributed by atoms with Crippen molar-refractivity contribution in [1.29, 1.82) is 0 Å². The summed E-state index contributed by atoms with van der Waals surface area (Å²) in [7, 11) is -2.73. The number of thiazole rings is 1. The molecule has 0 aliphatic carbocycles. The molecule has 2 heterocycles. The molecule has 0 spiro atoms. The van der Waals surface area contributed by atoms with Crippen LogP contribution in [-0.4, -0.2) is 42.5 Å². The van der Waals surface area contributed by atoms with E-state index in [2.05, 4.69) is 86.4 Å². The van der Waals surface area contributed by atoms with Crippen LogP contribution in [0, 0.1) is 0 Å². The molecule has 2 aromatic carbocycles. The van der Waals surface area contributed by atoms with Gasteiger partial charge in [-0.15, -0.1) is 11.3 Å². The first-order chi connectivity index (χ1) is 16.5. The van der Waals surface area contributed by atoms with Crippen molar-refractivity contribution in [2.45, 2.75) is 70.7 Å². The number of likely N-dealkylation sites (tertiary alicyclic amines) is 1. The maximum Gasteiger partial charge on any atom is 0.410 e. The number of ether oxygens (including phenoxy) is 1. The van der Waals surface area contributed by atoms with Gasteiger partial charge in [0, 0.05) is 17.6 Å². The van der Waals surface area contributed by atoms with Crippen LogP contribution < -0.4 is 10.4 Å². The Morgan fingerprint density at radius 2 is 1.54 bits per heavy atom. The molecule has 7 heteroatoms. The molecule has 5 nitrogen and oxygen atoms in total. The van der Waals surface area contributed by atoms with Crippen molar-refractivity contribution >= 4 is 36.1 Å². The highest BCUT2D eigenvalue weighted by atomic mass is 32.1. The van der Waals surface area contributed by atoms with E-state index in [0.29, 0.717) is 13.0 Å². The maximum atomic E-state index is 13.3. The lowest BCUT2D eigenvalue weighted by Crippen LogP contribution is -2.67. The van der Waals surface area contributed by atoms with E-state index in [4.69, 9.17) is 9.16 Å². The van der Waals surface area contributed by atoms with Gasteiger partial charge in [-0.2, -0.15) is 0 Å². The first kappa shape index (κ1) is 25.6. The van der Waals surface area contributed by atoms with Gasteiger partial charge in [-0.25, -0.2) is 4.79 Å². The third kappa shape index (κ3) is 5.37. The van der Waals surface area contributed by atoms with Crippen LogP contribution in [0.15, 0.2) is 72.4 Å². The minimum atomic E-state index is -2.73. The number of rotatable bonds is 5. The molecular formula is C28H36N2O3SSi. The smallest absolute Gasteiger partial charge is 0.410 e. The van der Waals surface area contributed by atoms with E-state index in [1.165, 1.54) is 10.4 Å². The summed E-state index contributed by atoms with van der Waals surface area (Å²) in [6, 6.07) is 21.2. The summed E-state index contributed by atoms with van der Waals surface area (Å²) < 4.78 is 13.1. The number of hydrogen-bond acceptors (Lipinski definition) is 5. The number of hydrogen-bond donors (Lipinski definition) is 0. The van der Waals surface area contributed by atoms with Crippen LogP contribution in [0.5, 0.6) is 0 Å². The van der Waals surface area contributed by atoms with Crippen molar-refractivity contribution in [2.24, 2.45) is 0 Å². The van der Waals surface area contributed by atoms with Crippen LogP contribution in [0.3, 0.4) is 0 Å². The molecule has 1 aromatic heterocycles. The van der Waals surface area contributed by atoms with Crippen molar-refractivity contribution in [3.8, 4) is 0 Å². The van der Waals surface area contributed by atoms with Crippen molar-refractivity contribution < 1.29 is 14.0 Å². The normalized spacial score (nSPS) is 19.1. The molecule has 186 valence electrons. The fourth-order valence-electron chi connectivity index (χ4n) is 5.01. The summed E-state index contributed by atoms with van der Waals surface area (Å²) in [5.74, 6) is 0. The summed E-state index contributed by atoms with van der Waals surface area (Å²) >= 11 is 1.57. The van der Waals surface area contributed by atoms with E-state index >= 15 is 0 Å². The molecule has 1 aliphatic rings. The second-order valence-electron chi connectivity index (χ2n) is 11.2. The fraction of sp³-hybridized carbons (Fsp3) is 0.429. The topological polar surface area (TPSA) is 51.7 Å². The van der Waals surface area contributed by atoms with E-state index in [1.54, 1.807) is 11.3 Å². The van der Waals surface area contributed by atoms with Crippen molar-refractivity contribution in [2.75, 3.05) is 6.54 Å². The predicted molar refractivity (Wildman–Crippen MR) is 145 cm³/mol. The third-order valence-electron chi connectivity index (χ3n) is 6.43. The van der Waals surface area contributed by atoms with Gasteiger partial charge < -0.3 is 9.16 Å². The van der Waals surface area contributed by atoms with Gasteiger partial charge in [0.15, 0.2) is 0 Å². The van der Waals surface area contributed by atoms with Gasteiger partial charge in [0.05, 0.1) is 17.7 Å². The third-order valence-corrected chi connectivity index (χ3v) is 12.4. The molecule has 0 bridgehead atoms. The highest BCUT2D eigenvalue weighted by Gasteiger charge is 2.53. The molecule has 1 fully saturated rings. The average Bonchev–Trinajstić information content (AvgIpc) is 3.46. The largest absolute Gasteiger partial charge is 0.444 e. The van der Waals surface area contributed by atoms with Gasteiger partial charge in [0.1, 0.15) is 5.60 Å². The SMILES string of the molecule is CC(C)(C)OC(=O)N1C[C@@H](O[Si](c2ccccc2)(c2ccccc2)C(C)(C)C)C[C@@H]1c1cncs1. The van der Waals surface area contributed by atoms with Gasteiger partial charge in [-0.05, 0) is 42.6 Å². The summed E-state index contributed by atoms with van der Waals surface area (Å²) in [4.78, 5) is 20.4. The Kier molecular flexibility index (Phi) is 7.22. The number of benzene rings is 2. The first-order valence-electron chi connectivity index (χ1n) is 12.2. The molecule has 0 saturated carbocycles. The van der Waals surface area contributed by atoms with Crippen molar-refractivity contribution in [1.82, 2.24) is 9.88 Å². The van der Waals surface area contributed by atoms with Crippen LogP contribution in [0.25, 0.3) is 0 Å². The predicted octanol–water partition coefficient (Wildman–Crippen LogP) is 5.77. The molecule has 0 unspecified atom stereocenters. The van der Waals surface area contributed by atoms with Crippen molar-refractivity contribution in [3.63, 3.8) is 0 Å². The Bertz CT molecular complexity index is 1070. The summed E-state index contributed by atoms with van der Waals surface area (Å²) in [5, 5.41) is 2.35. The highest BCUT2D eigenvalue weighted by molar-refractivity contribution is 7.09. The lowest BCUT2D eigenvalue weighted by Gasteiger charge is -2.44. The van der Waals surface area contributed by atoms with Crippen LogP contribution in [0.2, 0.25) is 5.04 Å². The molecule has 1 aliphatic heterocycles. The molecule has 3 aromatic rings. The van der Waals surface area contributed by atoms with Crippen LogP contribution >= 0.6 is 11.3 Å². The monoisotopic (exact) mass is 508 g/mol. The number of carbonyl (C=O) groups is 1. The zero-order valence-corrected chi connectivity index (χ0v) is 23.3. The quantitative estimate of drug-likeness (QED) is 0.411. The first-order valence-corrected chi connectivity index (χ1v) is 15.0. The molecule has 0 N–H and O–H groups in total. The second-order valence-corrected chi connectivity index (χ2v) is 16.4. The Hall–Kier alpha value is -2.48. The van der Waals surface area contributed by atoms with Crippen LogP contribution in [-0.2, 0) is 9.16 Å². The van der Waals surface area contributed by atoms with E-state index in [0.717, 1.165) is 4.88 Å². The molecule has 0 radical (unpaired) electrons. The fourth-order valence-corrected chi connectivity index (χ4v) is 10.4. The zero-order valence-electron chi connectivity index (χ0n) is 21.5. The Morgan fingerprint density at radius 3 is 2.00 bits per heavy atom. The zero-order chi connectivity index (χ0) is 25.3. The molecule has 1 saturated heterocycles. The molecule has 2 atom stereocenters. The van der Waals surface area contributed by atoms with Crippen LogP contribution in [0.1, 0.15) is 58.9 Å². The Labute approximate surface area is 214 Å². The highest BCUT2D eigenvalue weighted by Crippen LogP contribution is 2.42. The van der Waals surface area contributed by atoms with Gasteiger partial charge >= 0.3 is 6.09 Å². The maximum absolute atomic E-state index is 13.3. The van der Waals surface area contributed by atoms with E-state index < -0.39 is 13.9 Å². The number of carbonyl (C=O) groups excluding carboxylic acids is 1. The Balaban J connectivity index is 1.75. The van der Waals surface area contributed by atoms with E-state index in [9.17, 15) is 4.79 Å². The molecule has 35 heavy (non-hydrogen) atoms. The molecule has 1 amide bonds. The Morgan fingerprint density at radius 1 is 0.971 bits per heavy atom. The lowest BCUT2D eigenvalue weighted by atomic mass is 10.2. The minimum absolute atomic E-state index is 0.111. The van der Waals surface area contributed by atoms with Crippen molar-refractivity contribution in [3.05, 3.63) is 77.2 Å². The standard InChI is InChI=1S/C28H36N2O3SSi/c1-27(2,3)32-26(31)30-19-21(17-24(30)25-18-29-20-34-25)33-35(28(4,5)6,22-13-9-7-10-14-22)23-15-11-8-12-16-23/h7-16,18,20-21,24H,17,19H2,1-6H3/t21-,24+/m0/s1. The van der Waals surface area contributed by atoms with Crippen LogP contribution in [0.4, 0.5) is 4.79 Å². The van der Waals surface area contributed by atoms with Gasteiger partial charge in [-0.1, -0.05) is 81.4 Å². The number of amides is 1. The van der Waals surface area contributed by atoms with E-state index in [-0.39, 0.29) is 23.3 Å². The minimum Gasteiger partial charge on any atom is -0.444 e. The number of aromatic nitrogens is 1. The summed E-state index contributed by atoms with van der Waals surface area (Å²) in [5.41, 5.74) is 1.26. The lowest BCUT2D eigenvalue weighted by molar-refractivity contribution is 0.0211. The van der Waals surface area contributed by atoms with E-state index in [1.807, 2.05) is 37.4 Å². The summed E-state index contributed by atoms with van der Waals surface area (Å²) in [6.45, 7) is 13.0.